The Hall–Kier alpha value is -4.10. The molecule has 0 saturated carbocycles. The van der Waals surface area contributed by atoms with Crippen LogP contribution in [0.4, 0.5) is 13.2 Å². The molecular formula is C26H25F3N4O6. The Morgan fingerprint density at radius 1 is 1.18 bits per heavy atom. The quantitative estimate of drug-likeness (QED) is 0.349. The Morgan fingerprint density at radius 3 is 2.64 bits per heavy atom. The third-order valence-corrected chi connectivity index (χ3v) is 6.37. The molecule has 2 aromatic heterocycles. The van der Waals surface area contributed by atoms with Crippen LogP contribution in [0.25, 0.3) is 22.6 Å². The molecule has 0 aliphatic carbocycles. The normalized spacial score (nSPS) is 16.5. The number of fused-ring (bicyclic) bond motifs is 1. The maximum atomic E-state index is 13.0. The van der Waals surface area contributed by atoms with Gasteiger partial charge in [-0.25, -0.2) is 9.78 Å². The molecule has 39 heavy (non-hydrogen) atoms. The third kappa shape index (κ3) is 5.54. The maximum absolute atomic E-state index is 13.0. The van der Waals surface area contributed by atoms with Gasteiger partial charge >= 0.3 is 11.9 Å². The minimum Gasteiger partial charge on any atom is -0.485 e. The molecule has 0 spiro atoms. The second kappa shape index (κ2) is 10.6. The molecule has 4 aromatic rings. The number of hydrogen-bond acceptors (Lipinski definition) is 7. The van der Waals surface area contributed by atoms with E-state index in [1.165, 1.54) is 11.6 Å². The van der Waals surface area contributed by atoms with Crippen molar-refractivity contribution in [3.8, 4) is 22.9 Å². The number of nitrogens with zero attached hydrogens (tertiary/aromatic N) is 3. The van der Waals surface area contributed by atoms with Crippen LogP contribution in [0.3, 0.4) is 0 Å². The highest BCUT2D eigenvalue weighted by molar-refractivity contribution is 5.77. The van der Waals surface area contributed by atoms with Gasteiger partial charge in [0.1, 0.15) is 18.5 Å². The number of nitrogens with one attached hydrogen (secondary N) is 1. The van der Waals surface area contributed by atoms with Crippen LogP contribution in [0, 0.1) is 0 Å². The Bertz CT molecular complexity index is 1590. The van der Waals surface area contributed by atoms with Crippen molar-refractivity contribution in [3.05, 3.63) is 74.9 Å². The van der Waals surface area contributed by atoms with E-state index in [0.29, 0.717) is 41.3 Å². The van der Waals surface area contributed by atoms with Crippen molar-refractivity contribution in [2.45, 2.75) is 38.0 Å². The number of benzene rings is 2. The summed E-state index contributed by atoms with van der Waals surface area (Å²) in [6.45, 7) is 0.110. The number of halogens is 3. The highest BCUT2D eigenvalue weighted by Gasteiger charge is 2.39. The standard InChI is InChI=1S/C26H25F3N4O6/c1-32-21-23(33(25(36)31-24(21)35)12-20(34)26(27,28)29)30-22(32)16-7-8-18(38-13-15-5-3-2-4-6-15)19(11-16)39-17-9-10-37-14-17/h2-8,11,17,20,34H,9-10,12-14H2,1H3,(H,31,35,36). The SMILES string of the molecule is Cn1c(-c2ccc(OCc3ccccc3)c(OC3CCOC3)c2)nc2c1c(=O)[nH]c(=O)n2CC(O)C(F)(F)F. The molecule has 0 bridgehead atoms. The lowest BCUT2D eigenvalue weighted by Crippen LogP contribution is -2.39. The van der Waals surface area contributed by atoms with Crippen LogP contribution >= 0.6 is 0 Å². The fraction of sp³-hybridized carbons (Fsp3) is 0.346. The van der Waals surface area contributed by atoms with E-state index in [2.05, 4.69) is 4.98 Å². The lowest BCUT2D eigenvalue weighted by Gasteiger charge is -2.17. The molecule has 2 N–H and O–H groups in total. The number of H-pyrrole nitrogens is 1. The maximum Gasteiger partial charge on any atom is 0.416 e. The molecule has 13 heteroatoms. The van der Waals surface area contributed by atoms with Crippen LogP contribution in [-0.2, 0) is 24.9 Å². The number of ether oxygens (including phenoxy) is 3. The zero-order valence-corrected chi connectivity index (χ0v) is 20.8. The van der Waals surface area contributed by atoms with Crippen LogP contribution in [0.1, 0.15) is 12.0 Å². The van der Waals surface area contributed by atoms with Crippen molar-refractivity contribution in [3.63, 3.8) is 0 Å². The van der Waals surface area contributed by atoms with Crippen LogP contribution in [0.2, 0.25) is 0 Å². The van der Waals surface area contributed by atoms with Crippen molar-refractivity contribution >= 4 is 11.2 Å². The van der Waals surface area contributed by atoms with E-state index < -0.39 is 30.1 Å². The van der Waals surface area contributed by atoms with Gasteiger partial charge in [-0.1, -0.05) is 30.3 Å². The average molecular weight is 547 g/mol. The summed E-state index contributed by atoms with van der Waals surface area (Å²) in [6, 6.07) is 14.5. The van der Waals surface area contributed by atoms with E-state index in [9.17, 15) is 27.9 Å². The van der Waals surface area contributed by atoms with E-state index >= 15 is 0 Å². The molecule has 1 aliphatic rings. The monoisotopic (exact) mass is 546 g/mol. The summed E-state index contributed by atoms with van der Waals surface area (Å²) in [7, 11) is 1.50. The lowest BCUT2D eigenvalue weighted by molar-refractivity contribution is -0.207. The molecule has 1 saturated heterocycles. The first-order valence-corrected chi connectivity index (χ1v) is 12.1. The smallest absolute Gasteiger partial charge is 0.416 e. The summed E-state index contributed by atoms with van der Waals surface area (Å²) in [6.07, 6.45) is -7.33. The molecule has 206 valence electrons. The fourth-order valence-electron chi connectivity index (χ4n) is 4.33. The van der Waals surface area contributed by atoms with Crippen molar-refractivity contribution in [1.29, 1.82) is 0 Å². The van der Waals surface area contributed by atoms with Crippen molar-refractivity contribution < 1.29 is 32.5 Å². The van der Waals surface area contributed by atoms with E-state index in [4.69, 9.17) is 14.2 Å². The summed E-state index contributed by atoms with van der Waals surface area (Å²) < 4.78 is 58.6. The molecule has 2 aromatic carbocycles. The van der Waals surface area contributed by atoms with Gasteiger partial charge in [0.15, 0.2) is 28.8 Å². The molecule has 3 heterocycles. The predicted molar refractivity (Wildman–Crippen MR) is 134 cm³/mol. The number of aryl methyl sites for hydroxylation is 1. The van der Waals surface area contributed by atoms with Gasteiger partial charge in [-0.05, 0) is 23.8 Å². The highest BCUT2D eigenvalue weighted by Crippen LogP contribution is 2.35. The Kier molecular flexibility index (Phi) is 7.19. The zero-order chi connectivity index (χ0) is 27.7. The van der Waals surface area contributed by atoms with Crippen molar-refractivity contribution in [2.75, 3.05) is 13.2 Å². The van der Waals surface area contributed by atoms with Gasteiger partial charge in [0.25, 0.3) is 5.56 Å². The molecule has 1 fully saturated rings. The summed E-state index contributed by atoms with van der Waals surface area (Å²) in [5.74, 6) is 1.04. The first-order valence-electron chi connectivity index (χ1n) is 12.1. The van der Waals surface area contributed by atoms with Gasteiger partial charge in [-0.15, -0.1) is 0 Å². The third-order valence-electron chi connectivity index (χ3n) is 6.37. The van der Waals surface area contributed by atoms with Gasteiger partial charge in [0.2, 0.25) is 0 Å². The van der Waals surface area contributed by atoms with Crippen LogP contribution in [0.15, 0.2) is 58.1 Å². The number of rotatable bonds is 8. The molecule has 5 rings (SSSR count). The van der Waals surface area contributed by atoms with Crippen molar-refractivity contribution in [1.82, 2.24) is 19.1 Å². The minimum atomic E-state index is -4.97. The second-order valence-electron chi connectivity index (χ2n) is 9.13. The molecule has 10 nitrogen and oxygen atoms in total. The van der Waals surface area contributed by atoms with Gasteiger partial charge in [-0.2, -0.15) is 13.2 Å². The number of aliphatic hydroxyl groups excluding tert-OH is 1. The number of imidazole rings is 1. The molecule has 2 atom stereocenters. The van der Waals surface area contributed by atoms with E-state index in [1.54, 1.807) is 18.2 Å². The van der Waals surface area contributed by atoms with Gasteiger partial charge in [0.05, 0.1) is 19.8 Å². The number of alkyl halides is 3. The largest absolute Gasteiger partial charge is 0.485 e. The molecule has 1 aliphatic heterocycles. The average Bonchev–Trinajstić information content (AvgIpc) is 3.53. The van der Waals surface area contributed by atoms with E-state index in [1.807, 2.05) is 35.3 Å². The zero-order valence-electron chi connectivity index (χ0n) is 20.8. The first kappa shape index (κ1) is 26.5. The van der Waals surface area contributed by atoms with Crippen LogP contribution in [-0.4, -0.2) is 55.8 Å². The molecule has 0 amide bonds. The topological polar surface area (TPSA) is 121 Å². The predicted octanol–water partition coefficient (Wildman–Crippen LogP) is 2.76. The Morgan fingerprint density at radius 2 is 1.95 bits per heavy atom. The number of aliphatic hydroxyl groups is 1. The molecule has 2 unspecified atom stereocenters. The Labute approximate surface area is 219 Å². The number of aromatic amines is 1. The Balaban J connectivity index is 1.55. The number of aromatic nitrogens is 4. The lowest BCUT2D eigenvalue weighted by atomic mass is 10.1. The van der Waals surface area contributed by atoms with Gasteiger partial charge in [0, 0.05) is 19.0 Å². The van der Waals surface area contributed by atoms with E-state index in [0.717, 1.165) is 5.56 Å². The summed E-state index contributed by atoms with van der Waals surface area (Å²) in [4.78, 5) is 31.3. The first-order chi connectivity index (χ1) is 18.6. The molecular weight excluding hydrogens is 521 g/mol. The van der Waals surface area contributed by atoms with Crippen LogP contribution < -0.4 is 20.7 Å². The van der Waals surface area contributed by atoms with Crippen LogP contribution in [0.5, 0.6) is 11.5 Å². The molecule has 0 radical (unpaired) electrons. The minimum absolute atomic E-state index is 0.130. The summed E-state index contributed by atoms with van der Waals surface area (Å²) in [5.41, 5.74) is -0.947. The van der Waals surface area contributed by atoms with Gasteiger partial charge < -0.3 is 23.9 Å². The summed E-state index contributed by atoms with van der Waals surface area (Å²) >= 11 is 0. The van der Waals surface area contributed by atoms with Crippen molar-refractivity contribution in [2.24, 2.45) is 7.05 Å². The highest BCUT2D eigenvalue weighted by atomic mass is 19.4. The van der Waals surface area contributed by atoms with Gasteiger partial charge in [-0.3, -0.25) is 14.3 Å². The fourth-order valence-corrected chi connectivity index (χ4v) is 4.33. The number of hydrogen-bond donors (Lipinski definition) is 2. The second-order valence-corrected chi connectivity index (χ2v) is 9.13. The van der Waals surface area contributed by atoms with E-state index in [-0.39, 0.29) is 29.7 Å². The summed E-state index contributed by atoms with van der Waals surface area (Å²) in [5, 5.41) is 9.57.